The first-order chi connectivity index (χ1) is 12.4. The molecule has 0 bridgehead atoms. The number of nitrogens with two attached hydrogens (primary N) is 1. The minimum Gasteiger partial charge on any atom is -0.324 e. The summed E-state index contributed by atoms with van der Waals surface area (Å²) < 4.78 is 0. The van der Waals surface area contributed by atoms with E-state index >= 15 is 0 Å². The molecule has 1 aliphatic rings. The Hall–Kier alpha value is -1.64. The van der Waals surface area contributed by atoms with Crippen LogP contribution < -0.4 is 11.1 Å². The van der Waals surface area contributed by atoms with Crippen molar-refractivity contribution in [3.8, 4) is 0 Å². The second-order valence-corrected chi connectivity index (χ2v) is 6.69. The van der Waals surface area contributed by atoms with E-state index in [9.17, 15) is 0 Å². The first kappa shape index (κ1) is 27.6. The maximum atomic E-state index is 5.81. The van der Waals surface area contributed by atoms with Crippen LogP contribution in [0.3, 0.4) is 0 Å². The third-order valence-electron chi connectivity index (χ3n) is 4.03. The molecule has 154 valence electrons. The van der Waals surface area contributed by atoms with Crippen LogP contribution >= 0.6 is 0 Å². The van der Waals surface area contributed by atoms with Gasteiger partial charge in [-0.05, 0) is 49.4 Å². The zero-order valence-electron chi connectivity index (χ0n) is 17.8. The fourth-order valence-corrected chi connectivity index (χ4v) is 2.51. The zero-order valence-corrected chi connectivity index (χ0v) is 17.8. The first-order valence-electron chi connectivity index (χ1n) is 10.1. The predicted molar refractivity (Wildman–Crippen MR) is 126 cm³/mol. The van der Waals surface area contributed by atoms with Gasteiger partial charge in [0, 0.05) is 12.1 Å². The summed E-state index contributed by atoms with van der Waals surface area (Å²) in [4.78, 5) is 0. The van der Waals surface area contributed by atoms with Gasteiger partial charge >= 0.3 is 0 Å². The van der Waals surface area contributed by atoms with E-state index in [0.717, 1.165) is 31.4 Å². The fraction of sp³-hybridized carbons (Fsp3) is 0.520. The Morgan fingerprint density at radius 3 is 2.11 bits per heavy atom. The van der Waals surface area contributed by atoms with Crippen LogP contribution in [0.15, 0.2) is 54.6 Å². The lowest BCUT2D eigenvalue weighted by Gasteiger charge is -2.12. The molecule has 2 rings (SSSR count). The van der Waals surface area contributed by atoms with Gasteiger partial charge in [-0.25, -0.2) is 0 Å². The molecular weight excluding hydrogens is 328 g/mol. The Kier molecular flexibility index (Phi) is 16.9. The number of allylic oxidation sites excluding steroid dienone is 4. The van der Waals surface area contributed by atoms with E-state index in [2.05, 4.69) is 75.2 Å². The first-order valence-corrected chi connectivity index (χ1v) is 10.1. The van der Waals surface area contributed by atoms with Crippen LogP contribution in [0.5, 0.6) is 0 Å². The second-order valence-electron chi connectivity index (χ2n) is 6.69. The van der Waals surface area contributed by atoms with Gasteiger partial charge in [0.05, 0.1) is 0 Å². The van der Waals surface area contributed by atoms with E-state index < -0.39 is 0 Å². The number of nitrogens with one attached hydrogen (secondary N) is 1. The van der Waals surface area contributed by atoms with Crippen molar-refractivity contribution in [2.24, 2.45) is 5.73 Å². The van der Waals surface area contributed by atoms with Crippen LogP contribution in [-0.4, -0.2) is 18.6 Å². The van der Waals surface area contributed by atoms with E-state index in [1.54, 1.807) is 0 Å². The lowest BCUT2D eigenvalue weighted by Crippen LogP contribution is -2.21. The maximum Gasteiger partial charge on any atom is 0.0225 e. The molecule has 0 heterocycles. The Bertz CT molecular complexity index is 548. The molecule has 1 aliphatic carbocycles. The quantitative estimate of drug-likeness (QED) is 0.557. The van der Waals surface area contributed by atoms with Crippen molar-refractivity contribution in [2.75, 3.05) is 6.54 Å². The van der Waals surface area contributed by atoms with Gasteiger partial charge in [-0.15, -0.1) is 0 Å². The molecule has 1 unspecified atom stereocenters. The van der Waals surface area contributed by atoms with E-state index in [-0.39, 0.29) is 13.5 Å². The van der Waals surface area contributed by atoms with Gasteiger partial charge in [-0.3, -0.25) is 0 Å². The number of hydrogen-bond acceptors (Lipinski definition) is 2. The summed E-state index contributed by atoms with van der Waals surface area (Å²) in [5.41, 5.74) is 10.9. The van der Waals surface area contributed by atoms with Crippen molar-refractivity contribution in [3.63, 3.8) is 0 Å². The molecule has 0 fully saturated rings. The molecule has 1 aromatic rings. The lowest BCUT2D eigenvalue weighted by molar-refractivity contribution is 0.613. The summed E-state index contributed by atoms with van der Waals surface area (Å²) in [6, 6.07) is 9.49. The van der Waals surface area contributed by atoms with Crippen molar-refractivity contribution >= 4 is 5.57 Å². The van der Waals surface area contributed by atoms with Crippen LogP contribution in [0, 0.1) is 0 Å². The van der Waals surface area contributed by atoms with Crippen molar-refractivity contribution in [1.82, 2.24) is 5.32 Å². The van der Waals surface area contributed by atoms with Gasteiger partial charge in [-0.2, -0.15) is 0 Å². The smallest absolute Gasteiger partial charge is 0.0225 e. The predicted octanol–water partition coefficient (Wildman–Crippen LogP) is 6.53. The van der Waals surface area contributed by atoms with E-state index in [1.807, 2.05) is 20.8 Å². The number of hydrogen-bond donors (Lipinski definition) is 2. The average Bonchev–Trinajstić information content (AvgIpc) is 2.65. The van der Waals surface area contributed by atoms with Crippen LogP contribution in [0.1, 0.15) is 72.9 Å². The van der Waals surface area contributed by atoms with E-state index in [1.165, 1.54) is 16.7 Å². The molecule has 0 spiro atoms. The van der Waals surface area contributed by atoms with Crippen LogP contribution in [0.25, 0.3) is 5.57 Å². The van der Waals surface area contributed by atoms with Gasteiger partial charge in [-0.1, -0.05) is 96.7 Å². The molecule has 2 heteroatoms. The Labute approximate surface area is 169 Å². The Morgan fingerprint density at radius 2 is 1.74 bits per heavy atom. The van der Waals surface area contributed by atoms with Gasteiger partial charge in [0.2, 0.25) is 0 Å². The topological polar surface area (TPSA) is 38.0 Å². The minimum atomic E-state index is 0. The van der Waals surface area contributed by atoms with Gasteiger partial charge < -0.3 is 11.1 Å². The molecule has 0 amide bonds. The molecule has 3 N–H and O–H groups in total. The fourth-order valence-electron chi connectivity index (χ4n) is 2.51. The van der Waals surface area contributed by atoms with Crippen LogP contribution in [-0.2, 0) is 6.42 Å². The van der Waals surface area contributed by atoms with Crippen molar-refractivity contribution < 1.29 is 0 Å². The second kappa shape index (κ2) is 16.5. The zero-order chi connectivity index (χ0) is 19.9. The molecule has 0 aromatic heterocycles. The molecular formula is C25H44N2. The highest BCUT2D eigenvalue weighted by atomic mass is 14.9. The van der Waals surface area contributed by atoms with Crippen molar-refractivity contribution in [1.29, 1.82) is 0 Å². The Morgan fingerprint density at radius 1 is 1.15 bits per heavy atom. The van der Waals surface area contributed by atoms with Crippen LogP contribution in [0.4, 0.5) is 0 Å². The summed E-state index contributed by atoms with van der Waals surface area (Å²) in [7, 11) is 0. The lowest BCUT2D eigenvalue weighted by atomic mass is 9.95. The molecule has 0 radical (unpaired) electrons. The largest absolute Gasteiger partial charge is 0.324 e. The number of benzene rings is 1. The van der Waals surface area contributed by atoms with Crippen molar-refractivity contribution in [3.05, 3.63) is 65.8 Å². The van der Waals surface area contributed by atoms with Gasteiger partial charge in [0.15, 0.2) is 0 Å². The standard InChI is InChI=1S/C17H21N.C5H13N.C2H6.CH4/c1-13(14(2)18)12-15-8-10-17(11-9-15)16-6-4-3-5-7-16;1-4-6-5(2)3;1-2;/h3-4,6,8-11,14H,1,5,7,12,18H2,2H3;5-6H,4H2,1-3H3;1-2H3;1H4. The molecule has 0 saturated heterocycles. The monoisotopic (exact) mass is 372 g/mol. The highest BCUT2D eigenvalue weighted by Crippen LogP contribution is 2.24. The van der Waals surface area contributed by atoms with Crippen molar-refractivity contribution in [2.45, 2.75) is 80.3 Å². The molecule has 2 nitrogen and oxygen atoms in total. The Balaban J connectivity index is 0. The van der Waals surface area contributed by atoms with E-state index in [0.29, 0.717) is 6.04 Å². The highest BCUT2D eigenvalue weighted by Gasteiger charge is 2.05. The summed E-state index contributed by atoms with van der Waals surface area (Å²) in [5, 5.41) is 3.21. The summed E-state index contributed by atoms with van der Waals surface area (Å²) in [6.07, 6.45) is 9.73. The SMILES string of the molecule is C.C=C(Cc1ccc(C2=CC=CCC2)cc1)C(C)N.CC.CCNC(C)C. The van der Waals surface area contributed by atoms with Gasteiger partial charge in [0.1, 0.15) is 0 Å². The van der Waals surface area contributed by atoms with Crippen LogP contribution in [0.2, 0.25) is 0 Å². The highest BCUT2D eigenvalue weighted by molar-refractivity contribution is 5.68. The summed E-state index contributed by atoms with van der Waals surface area (Å²) in [6.45, 7) is 17.5. The molecule has 1 aromatic carbocycles. The molecule has 1 atom stereocenters. The minimum absolute atomic E-state index is 0. The maximum absolute atomic E-state index is 5.81. The average molecular weight is 373 g/mol. The molecule has 0 aliphatic heterocycles. The summed E-state index contributed by atoms with van der Waals surface area (Å²) in [5.74, 6) is 0. The third kappa shape index (κ3) is 12.4. The van der Waals surface area contributed by atoms with E-state index in [4.69, 9.17) is 5.73 Å². The van der Waals surface area contributed by atoms with Gasteiger partial charge in [0.25, 0.3) is 0 Å². The molecule has 27 heavy (non-hydrogen) atoms. The number of rotatable bonds is 6. The molecule has 0 saturated carbocycles. The normalized spacial score (nSPS) is 13.3. The third-order valence-corrected chi connectivity index (χ3v) is 4.03. The summed E-state index contributed by atoms with van der Waals surface area (Å²) >= 11 is 0.